The molecule has 0 N–H and O–H groups in total. The summed E-state index contributed by atoms with van der Waals surface area (Å²) in [6.45, 7) is 3.55. The number of amides is 1. The number of rotatable bonds is 4. The van der Waals surface area contributed by atoms with E-state index in [-0.39, 0.29) is 11.5 Å². The molecule has 6 heteroatoms. The summed E-state index contributed by atoms with van der Waals surface area (Å²) in [6.07, 6.45) is 0.833. The number of carbonyl (C=O) groups is 1. The molecular weight excluding hydrogens is 338 g/mol. The van der Waals surface area contributed by atoms with E-state index >= 15 is 0 Å². The van der Waals surface area contributed by atoms with E-state index in [0.29, 0.717) is 13.1 Å². The van der Waals surface area contributed by atoms with Gasteiger partial charge in [-0.3, -0.25) is 9.69 Å². The minimum atomic E-state index is -0.995. The minimum Gasteiger partial charge on any atom is -0.497 e. The predicted molar refractivity (Wildman–Crippen MR) is 95.1 cm³/mol. The maximum Gasteiger partial charge on any atom is 0.254 e. The number of hydrogen-bond donors (Lipinski definition) is 0. The summed E-state index contributed by atoms with van der Waals surface area (Å²) >= 11 is 0. The second kappa shape index (κ2) is 8.27. The number of ether oxygens (including phenoxy) is 1. The van der Waals surface area contributed by atoms with Crippen molar-refractivity contribution in [3.63, 3.8) is 0 Å². The third-order valence-corrected chi connectivity index (χ3v) is 4.58. The van der Waals surface area contributed by atoms with Crippen LogP contribution in [0.1, 0.15) is 22.3 Å². The number of carbonyl (C=O) groups excluding carboxylic acids is 1. The first-order valence-corrected chi connectivity index (χ1v) is 8.66. The van der Waals surface area contributed by atoms with Crippen molar-refractivity contribution in [1.29, 1.82) is 0 Å². The smallest absolute Gasteiger partial charge is 0.254 e. The molecule has 0 radical (unpaired) electrons. The van der Waals surface area contributed by atoms with Crippen molar-refractivity contribution in [2.45, 2.75) is 13.0 Å². The van der Waals surface area contributed by atoms with Crippen LogP contribution in [0, 0.1) is 11.6 Å². The van der Waals surface area contributed by atoms with E-state index in [4.69, 9.17) is 4.74 Å². The summed E-state index contributed by atoms with van der Waals surface area (Å²) in [5.74, 6) is -1.37. The molecule has 138 valence electrons. The number of nitrogens with zero attached hydrogens (tertiary/aromatic N) is 2. The lowest BCUT2D eigenvalue weighted by Gasteiger charge is -2.22. The first-order valence-electron chi connectivity index (χ1n) is 8.66. The SMILES string of the molecule is COc1cccc(CN2CCCN(C(=O)c3ccc(F)c(F)c3)CC2)c1. The lowest BCUT2D eigenvalue weighted by molar-refractivity contribution is 0.0760. The van der Waals surface area contributed by atoms with E-state index < -0.39 is 11.6 Å². The monoisotopic (exact) mass is 360 g/mol. The average Bonchev–Trinajstić information content (AvgIpc) is 2.89. The third kappa shape index (κ3) is 4.38. The molecule has 1 amide bonds. The molecule has 4 nitrogen and oxygen atoms in total. The normalized spacial score (nSPS) is 15.6. The summed E-state index contributed by atoms with van der Waals surface area (Å²) in [5, 5.41) is 0. The fourth-order valence-corrected chi connectivity index (χ4v) is 3.17. The van der Waals surface area contributed by atoms with Crippen molar-refractivity contribution < 1.29 is 18.3 Å². The Morgan fingerprint density at radius 1 is 1.04 bits per heavy atom. The molecule has 1 aliphatic heterocycles. The maximum absolute atomic E-state index is 13.4. The Labute approximate surface area is 152 Å². The Morgan fingerprint density at radius 2 is 1.88 bits per heavy atom. The van der Waals surface area contributed by atoms with Crippen molar-refractivity contribution in [2.24, 2.45) is 0 Å². The summed E-state index contributed by atoms with van der Waals surface area (Å²) in [5.41, 5.74) is 1.34. The topological polar surface area (TPSA) is 32.8 Å². The molecule has 0 spiro atoms. The third-order valence-electron chi connectivity index (χ3n) is 4.58. The first-order chi connectivity index (χ1) is 12.6. The quantitative estimate of drug-likeness (QED) is 0.839. The van der Waals surface area contributed by atoms with Crippen LogP contribution in [0.5, 0.6) is 5.75 Å². The van der Waals surface area contributed by atoms with Crippen molar-refractivity contribution in [3.8, 4) is 5.75 Å². The zero-order chi connectivity index (χ0) is 18.5. The fraction of sp³-hybridized carbons (Fsp3) is 0.350. The molecule has 0 aliphatic carbocycles. The van der Waals surface area contributed by atoms with Crippen LogP contribution < -0.4 is 4.74 Å². The van der Waals surface area contributed by atoms with Gasteiger partial charge in [-0.2, -0.15) is 0 Å². The lowest BCUT2D eigenvalue weighted by atomic mass is 10.2. The van der Waals surface area contributed by atoms with Crippen LogP contribution in [-0.4, -0.2) is 49.0 Å². The van der Waals surface area contributed by atoms with Gasteiger partial charge >= 0.3 is 0 Å². The van der Waals surface area contributed by atoms with E-state index in [1.54, 1.807) is 12.0 Å². The molecule has 2 aromatic carbocycles. The molecule has 1 saturated heterocycles. The van der Waals surface area contributed by atoms with E-state index in [1.165, 1.54) is 6.07 Å². The molecule has 0 unspecified atom stereocenters. The van der Waals surface area contributed by atoms with Crippen molar-refractivity contribution >= 4 is 5.91 Å². The molecule has 1 fully saturated rings. The maximum atomic E-state index is 13.4. The highest BCUT2D eigenvalue weighted by Gasteiger charge is 2.21. The van der Waals surface area contributed by atoms with Gasteiger partial charge in [0.05, 0.1) is 7.11 Å². The Kier molecular flexibility index (Phi) is 5.83. The van der Waals surface area contributed by atoms with Crippen molar-refractivity contribution in [3.05, 3.63) is 65.2 Å². The predicted octanol–water partition coefficient (Wildman–Crippen LogP) is 3.32. The fourth-order valence-electron chi connectivity index (χ4n) is 3.17. The highest BCUT2D eigenvalue weighted by molar-refractivity contribution is 5.94. The lowest BCUT2D eigenvalue weighted by Crippen LogP contribution is -2.35. The molecule has 1 heterocycles. The summed E-state index contributed by atoms with van der Waals surface area (Å²) in [4.78, 5) is 16.6. The van der Waals surface area contributed by atoms with Crippen LogP contribution in [0.2, 0.25) is 0 Å². The van der Waals surface area contributed by atoms with Gasteiger partial charge in [-0.05, 0) is 42.3 Å². The van der Waals surface area contributed by atoms with E-state index in [9.17, 15) is 13.6 Å². The molecule has 0 bridgehead atoms. The first kappa shape index (κ1) is 18.3. The van der Waals surface area contributed by atoms with Gasteiger partial charge in [-0.1, -0.05) is 12.1 Å². The van der Waals surface area contributed by atoms with Gasteiger partial charge in [0, 0.05) is 38.3 Å². The van der Waals surface area contributed by atoms with Crippen LogP contribution in [0.25, 0.3) is 0 Å². The number of hydrogen-bond acceptors (Lipinski definition) is 3. The van der Waals surface area contributed by atoms with E-state index in [1.807, 2.05) is 18.2 Å². The van der Waals surface area contributed by atoms with Gasteiger partial charge in [0.2, 0.25) is 0 Å². The highest BCUT2D eigenvalue weighted by Crippen LogP contribution is 2.17. The number of halogens is 2. The van der Waals surface area contributed by atoms with Crippen LogP contribution >= 0.6 is 0 Å². The standard InChI is InChI=1S/C20H22F2N2O2/c1-26-17-5-2-4-15(12-17)14-23-8-3-9-24(11-10-23)20(25)16-6-7-18(21)19(22)13-16/h2,4-7,12-13H,3,8-11,14H2,1H3. The molecule has 0 atom stereocenters. The van der Waals surface area contributed by atoms with Crippen LogP contribution in [0.15, 0.2) is 42.5 Å². The van der Waals surface area contributed by atoms with Crippen LogP contribution in [0.3, 0.4) is 0 Å². The molecule has 26 heavy (non-hydrogen) atoms. The zero-order valence-electron chi connectivity index (χ0n) is 14.8. The van der Waals surface area contributed by atoms with Gasteiger partial charge in [-0.25, -0.2) is 8.78 Å². The van der Waals surface area contributed by atoms with E-state index in [2.05, 4.69) is 11.0 Å². The minimum absolute atomic E-state index is 0.185. The molecular formula is C20H22F2N2O2. The Balaban J connectivity index is 1.62. The summed E-state index contributed by atoms with van der Waals surface area (Å²) in [7, 11) is 1.65. The van der Waals surface area contributed by atoms with Gasteiger partial charge in [0.15, 0.2) is 11.6 Å². The molecule has 0 aromatic heterocycles. The van der Waals surface area contributed by atoms with Crippen molar-refractivity contribution in [1.82, 2.24) is 9.80 Å². The Bertz CT molecular complexity index is 782. The van der Waals surface area contributed by atoms with Crippen LogP contribution in [-0.2, 0) is 6.54 Å². The zero-order valence-corrected chi connectivity index (χ0v) is 14.8. The molecule has 0 saturated carbocycles. The number of methoxy groups -OCH3 is 1. The molecule has 2 aromatic rings. The largest absolute Gasteiger partial charge is 0.497 e. The Hall–Kier alpha value is -2.47. The Morgan fingerprint density at radius 3 is 2.65 bits per heavy atom. The van der Waals surface area contributed by atoms with Gasteiger partial charge < -0.3 is 9.64 Å². The number of benzene rings is 2. The molecule has 3 rings (SSSR count). The van der Waals surface area contributed by atoms with Gasteiger partial charge in [-0.15, -0.1) is 0 Å². The van der Waals surface area contributed by atoms with E-state index in [0.717, 1.165) is 49.5 Å². The second-order valence-corrected chi connectivity index (χ2v) is 6.40. The van der Waals surface area contributed by atoms with Gasteiger partial charge in [0.25, 0.3) is 5.91 Å². The van der Waals surface area contributed by atoms with Crippen LogP contribution in [0.4, 0.5) is 8.78 Å². The highest BCUT2D eigenvalue weighted by atomic mass is 19.2. The summed E-state index contributed by atoms with van der Waals surface area (Å²) < 4.78 is 31.7. The van der Waals surface area contributed by atoms with Gasteiger partial charge in [0.1, 0.15) is 5.75 Å². The second-order valence-electron chi connectivity index (χ2n) is 6.40. The van der Waals surface area contributed by atoms with Crippen molar-refractivity contribution in [2.75, 3.05) is 33.3 Å². The molecule has 1 aliphatic rings. The average molecular weight is 360 g/mol. The summed E-state index contributed by atoms with van der Waals surface area (Å²) in [6, 6.07) is 11.2.